The highest BCUT2D eigenvalue weighted by atomic mass is 16.3. The molecule has 2 aliphatic rings. The van der Waals surface area contributed by atoms with E-state index in [1.165, 1.54) is 12.8 Å². The predicted molar refractivity (Wildman–Crippen MR) is 62.1 cm³/mol. The number of amides is 1. The van der Waals surface area contributed by atoms with E-state index in [4.69, 9.17) is 0 Å². The van der Waals surface area contributed by atoms with E-state index in [9.17, 15) is 9.90 Å². The first-order chi connectivity index (χ1) is 7.46. The Morgan fingerprint density at radius 2 is 2.12 bits per heavy atom. The molecule has 0 aromatic rings. The molecule has 1 unspecified atom stereocenters. The molecule has 92 valence electrons. The summed E-state index contributed by atoms with van der Waals surface area (Å²) in [5, 5.41) is 13.1. The topological polar surface area (TPSA) is 52.6 Å². The van der Waals surface area contributed by atoms with E-state index in [0.29, 0.717) is 12.6 Å². The molecule has 1 atom stereocenters. The Morgan fingerprint density at radius 3 is 2.69 bits per heavy atom. The third kappa shape index (κ3) is 3.19. The van der Waals surface area contributed by atoms with Crippen LogP contribution in [0.3, 0.4) is 0 Å². The molecule has 1 saturated carbocycles. The number of piperidine rings is 1. The molecule has 0 aromatic heterocycles. The quantitative estimate of drug-likeness (QED) is 0.734. The second-order valence-corrected chi connectivity index (χ2v) is 5.71. The van der Waals surface area contributed by atoms with Gasteiger partial charge in [-0.15, -0.1) is 0 Å². The van der Waals surface area contributed by atoms with Crippen molar-refractivity contribution < 1.29 is 9.90 Å². The zero-order valence-electron chi connectivity index (χ0n) is 10.2. The maximum Gasteiger partial charge on any atom is 0.239 e. The Labute approximate surface area is 97.0 Å². The normalized spacial score (nSPS) is 27.3. The second kappa shape index (κ2) is 4.34. The second-order valence-electron chi connectivity index (χ2n) is 5.71. The van der Waals surface area contributed by atoms with E-state index >= 15 is 0 Å². The first kappa shape index (κ1) is 11.9. The summed E-state index contributed by atoms with van der Waals surface area (Å²) >= 11 is 0. The van der Waals surface area contributed by atoms with E-state index in [-0.39, 0.29) is 11.9 Å². The maximum absolute atomic E-state index is 12.1. The first-order valence-electron chi connectivity index (χ1n) is 6.23. The van der Waals surface area contributed by atoms with Gasteiger partial charge in [0.2, 0.25) is 5.91 Å². The Balaban J connectivity index is 1.90. The lowest BCUT2D eigenvalue weighted by Gasteiger charge is -2.36. The number of nitrogens with one attached hydrogen (secondary N) is 1. The van der Waals surface area contributed by atoms with Crippen LogP contribution in [0.2, 0.25) is 0 Å². The predicted octanol–water partition coefficient (Wildman–Crippen LogP) is 0.500. The van der Waals surface area contributed by atoms with Crippen LogP contribution in [-0.2, 0) is 4.79 Å². The van der Waals surface area contributed by atoms with Gasteiger partial charge in [-0.25, -0.2) is 0 Å². The molecule has 1 heterocycles. The molecule has 1 aliphatic heterocycles. The van der Waals surface area contributed by atoms with Crippen LogP contribution in [0.15, 0.2) is 0 Å². The van der Waals surface area contributed by atoms with Crippen LogP contribution in [-0.4, -0.2) is 46.7 Å². The summed E-state index contributed by atoms with van der Waals surface area (Å²) in [5.41, 5.74) is -0.795. The molecule has 1 aliphatic carbocycles. The monoisotopic (exact) mass is 226 g/mol. The van der Waals surface area contributed by atoms with Gasteiger partial charge in [0.1, 0.15) is 0 Å². The fraction of sp³-hybridized carbons (Fsp3) is 0.917. The summed E-state index contributed by atoms with van der Waals surface area (Å²) in [6.45, 7) is 4.72. The lowest BCUT2D eigenvalue weighted by atomic mass is 10.0. The average Bonchev–Trinajstić information content (AvgIpc) is 2.93. The van der Waals surface area contributed by atoms with Crippen molar-refractivity contribution >= 4 is 5.91 Å². The summed E-state index contributed by atoms with van der Waals surface area (Å²) in [4.78, 5) is 13.9. The van der Waals surface area contributed by atoms with Gasteiger partial charge in [-0.3, -0.25) is 4.79 Å². The fourth-order valence-electron chi connectivity index (χ4n) is 2.25. The lowest BCUT2D eigenvalue weighted by Crippen LogP contribution is -2.54. The van der Waals surface area contributed by atoms with Crippen molar-refractivity contribution in [3.63, 3.8) is 0 Å². The molecule has 2 N–H and O–H groups in total. The summed E-state index contributed by atoms with van der Waals surface area (Å²) in [6.07, 6.45) is 4.38. The summed E-state index contributed by atoms with van der Waals surface area (Å²) in [5.74, 6) is 0.167. The highest BCUT2D eigenvalue weighted by Gasteiger charge is 2.34. The first-order valence-corrected chi connectivity index (χ1v) is 6.23. The number of likely N-dealkylation sites (tertiary alicyclic amines) is 1. The standard InChI is InChI=1S/C12H22N2O2/c1-12(2,16)8-14-7-3-4-10(11(14)15)13-9-5-6-9/h9-10,13,16H,3-8H2,1-2H3. The zero-order chi connectivity index (χ0) is 11.8. The van der Waals surface area contributed by atoms with Crippen LogP contribution in [0, 0.1) is 0 Å². The van der Waals surface area contributed by atoms with Gasteiger partial charge in [0.15, 0.2) is 0 Å². The molecule has 0 aromatic carbocycles. The van der Waals surface area contributed by atoms with Crippen LogP contribution in [0.4, 0.5) is 0 Å². The van der Waals surface area contributed by atoms with Gasteiger partial charge in [-0.1, -0.05) is 0 Å². The molecule has 0 radical (unpaired) electrons. The maximum atomic E-state index is 12.1. The number of carbonyl (C=O) groups excluding carboxylic acids is 1. The van der Waals surface area contributed by atoms with Crippen molar-refractivity contribution in [1.82, 2.24) is 10.2 Å². The van der Waals surface area contributed by atoms with Crippen LogP contribution < -0.4 is 5.32 Å². The van der Waals surface area contributed by atoms with Crippen LogP contribution >= 0.6 is 0 Å². The summed E-state index contributed by atoms with van der Waals surface area (Å²) < 4.78 is 0. The van der Waals surface area contributed by atoms with E-state index in [1.807, 2.05) is 0 Å². The Bertz CT molecular complexity index is 269. The largest absolute Gasteiger partial charge is 0.389 e. The van der Waals surface area contributed by atoms with E-state index < -0.39 is 5.60 Å². The minimum absolute atomic E-state index is 0.0106. The van der Waals surface area contributed by atoms with Gasteiger partial charge in [-0.05, 0) is 39.5 Å². The molecular weight excluding hydrogens is 204 g/mol. The SMILES string of the molecule is CC(C)(O)CN1CCCC(NC2CC2)C1=O. The number of β-amino-alcohol motifs (C(OH)–C–C–N with tert-alkyl or cyclic N) is 1. The number of carbonyl (C=O) groups is 1. The fourth-order valence-corrected chi connectivity index (χ4v) is 2.25. The van der Waals surface area contributed by atoms with Crippen molar-refractivity contribution in [2.24, 2.45) is 0 Å². The van der Waals surface area contributed by atoms with Crippen molar-refractivity contribution in [3.8, 4) is 0 Å². The zero-order valence-corrected chi connectivity index (χ0v) is 10.2. The molecule has 2 fully saturated rings. The van der Waals surface area contributed by atoms with E-state index in [1.54, 1.807) is 18.7 Å². The Hall–Kier alpha value is -0.610. The molecule has 4 heteroatoms. The third-order valence-corrected chi connectivity index (χ3v) is 3.12. The van der Waals surface area contributed by atoms with Gasteiger partial charge < -0.3 is 15.3 Å². The van der Waals surface area contributed by atoms with Gasteiger partial charge in [0.25, 0.3) is 0 Å². The van der Waals surface area contributed by atoms with E-state index in [0.717, 1.165) is 19.4 Å². The van der Waals surface area contributed by atoms with Crippen LogP contribution in [0.5, 0.6) is 0 Å². The minimum Gasteiger partial charge on any atom is -0.389 e. The van der Waals surface area contributed by atoms with Gasteiger partial charge >= 0.3 is 0 Å². The van der Waals surface area contributed by atoms with Gasteiger partial charge in [0, 0.05) is 19.1 Å². The molecule has 1 saturated heterocycles. The summed E-state index contributed by atoms with van der Waals surface area (Å²) in [7, 11) is 0. The van der Waals surface area contributed by atoms with Gasteiger partial charge in [0.05, 0.1) is 11.6 Å². The molecule has 0 spiro atoms. The molecule has 0 bridgehead atoms. The molecule has 2 rings (SSSR count). The van der Waals surface area contributed by atoms with Crippen LogP contribution in [0.25, 0.3) is 0 Å². The highest BCUT2D eigenvalue weighted by Crippen LogP contribution is 2.23. The number of nitrogens with zero attached hydrogens (tertiary/aromatic N) is 1. The van der Waals surface area contributed by atoms with Crippen molar-refractivity contribution in [1.29, 1.82) is 0 Å². The molecule has 16 heavy (non-hydrogen) atoms. The minimum atomic E-state index is -0.795. The van der Waals surface area contributed by atoms with Crippen molar-refractivity contribution in [2.75, 3.05) is 13.1 Å². The molecular formula is C12H22N2O2. The van der Waals surface area contributed by atoms with Crippen molar-refractivity contribution in [2.45, 2.75) is 57.2 Å². The molecule has 4 nitrogen and oxygen atoms in total. The number of hydrogen-bond acceptors (Lipinski definition) is 3. The summed E-state index contributed by atoms with van der Waals surface area (Å²) in [6, 6.07) is 0.555. The van der Waals surface area contributed by atoms with E-state index in [2.05, 4.69) is 5.32 Å². The van der Waals surface area contributed by atoms with Crippen molar-refractivity contribution in [3.05, 3.63) is 0 Å². The highest BCUT2D eigenvalue weighted by molar-refractivity contribution is 5.82. The van der Waals surface area contributed by atoms with Gasteiger partial charge in [-0.2, -0.15) is 0 Å². The Morgan fingerprint density at radius 1 is 1.44 bits per heavy atom. The van der Waals surface area contributed by atoms with Crippen LogP contribution in [0.1, 0.15) is 39.5 Å². The molecule has 1 amide bonds. The Kier molecular flexibility index (Phi) is 3.22. The number of aliphatic hydroxyl groups is 1. The number of hydrogen-bond donors (Lipinski definition) is 2. The smallest absolute Gasteiger partial charge is 0.239 e. The average molecular weight is 226 g/mol. The lowest BCUT2D eigenvalue weighted by molar-refractivity contribution is -0.139. The number of rotatable bonds is 4. The third-order valence-electron chi connectivity index (χ3n) is 3.12.